The van der Waals surface area contributed by atoms with Gasteiger partial charge in [0.15, 0.2) is 0 Å². The van der Waals surface area contributed by atoms with E-state index < -0.39 is 5.54 Å². The molecular weight excluding hydrogens is 370 g/mol. The minimum Gasteiger partial charge on any atom is -0.376 e. The van der Waals surface area contributed by atoms with Crippen LogP contribution in [0.2, 0.25) is 0 Å². The molecule has 0 aliphatic carbocycles. The highest BCUT2D eigenvalue weighted by molar-refractivity contribution is 9.10. The second-order valence-electron chi connectivity index (χ2n) is 6.12. The van der Waals surface area contributed by atoms with Crippen LogP contribution >= 0.6 is 15.9 Å². The van der Waals surface area contributed by atoms with E-state index in [1.807, 2.05) is 42.5 Å². The van der Waals surface area contributed by atoms with Crippen molar-refractivity contribution in [2.45, 2.75) is 19.4 Å². The van der Waals surface area contributed by atoms with Crippen LogP contribution in [0.25, 0.3) is 0 Å². The number of nitrogens with zero attached hydrogens (tertiary/aromatic N) is 1. The number of amides is 2. The first-order valence-electron chi connectivity index (χ1n) is 7.62. The molecule has 24 heavy (non-hydrogen) atoms. The fraction of sp³-hybridized carbons (Fsp3) is 0.222. The minimum atomic E-state index is -0.952. The van der Waals surface area contributed by atoms with E-state index in [0.29, 0.717) is 11.4 Å². The predicted octanol–water partition coefficient (Wildman–Crippen LogP) is 3.62. The van der Waals surface area contributed by atoms with Crippen molar-refractivity contribution in [3.63, 3.8) is 0 Å². The molecule has 2 aromatic rings. The summed E-state index contributed by atoms with van der Waals surface area (Å²) in [7, 11) is 0. The van der Waals surface area contributed by atoms with Crippen LogP contribution in [-0.4, -0.2) is 23.9 Å². The van der Waals surface area contributed by atoms with Gasteiger partial charge >= 0.3 is 0 Å². The Labute approximate surface area is 149 Å². The molecule has 0 atom stereocenters. The first-order valence-corrected chi connectivity index (χ1v) is 8.42. The van der Waals surface area contributed by atoms with Crippen molar-refractivity contribution in [3.05, 3.63) is 53.0 Å². The highest BCUT2D eigenvalue weighted by Gasteiger charge is 2.43. The summed E-state index contributed by atoms with van der Waals surface area (Å²) in [5.41, 5.74) is 1.26. The van der Waals surface area contributed by atoms with Crippen molar-refractivity contribution in [1.29, 1.82) is 0 Å². The Balaban J connectivity index is 1.84. The van der Waals surface area contributed by atoms with Crippen molar-refractivity contribution in [2.75, 3.05) is 22.1 Å². The second-order valence-corrected chi connectivity index (χ2v) is 7.04. The molecule has 3 rings (SSSR count). The van der Waals surface area contributed by atoms with Crippen LogP contribution in [0.5, 0.6) is 0 Å². The molecule has 0 bridgehead atoms. The standard InChI is InChI=1S/C18H18BrN3O2/c1-18(2)17(24)21-14-5-3-4-6-15(14)22(18)16(23)11-20-13-9-7-12(19)8-10-13/h3-10,20H,11H2,1-2H3,(H,21,24). The maximum absolute atomic E-state index is 12.8. The summed E-state index contributed by atoms with van der Waals surface area (Å²) in [5, 5.41) is 5.97. The van der Waals surface area contributed by atoms with Gasteiger partial charge in [-0.05, 0) is 50.2 Å². The molecule has 0 spiro atoms. The minimum absolute atomic E-state index is 0.104. The highest BCUT2D eigenvalue weighted by Crippen LogP contribution is 2.36. The zero-order valence-corrected chi connectivity index (χ0v) is 15.1. The summed E-state index contributed by atoms with van der Waals surface area (Å²) >= 11 is 3.38. The van der Waals surface area contributed by atoms with Gasteiger partial charge in [-0.15, -0.1) is 0 Å². The van der Waals surface area contributed by atoms with Gasteiger partial charge in [-0.2, -0.15) is 0 Å². The number of carbonyl (C=O) groups is 2. The Morgan fingerprint density at radius 2 is 1.83 bits per heavy atom. The average molecular weight is 388 g/mol. The number of para-hydroxylation sites is 2. The third kappa shape index (κ3) is 3.01. The molecule has 0 radical (unpaired) electrons. The molecule has 0 aromatic heterocycles. The summed E-state index contributed by atoms with van der Waals surface area (Å²) in [6, 6.07) is 14.9. The smallest absolute Gasteiger partial charge is 0.250 e. The molecule has 1 heterocycles. The molecular formula is C18H18BrN3O2. The van der Waals surface area contributed by atoms with Gasteiger partial charge in [-0.25, -0.2) is 0 Å². The number of benzene rings is 2. The van der Waals surface area contributed by atoms with Gasteiger partial charge in [0, 0.05) is 10.2 Å². The molecule has 2 N–H and O–H groups in total. The fourth-order valence-electron chi connectivity index (χ4n) is 2.72. The van der Waals surface area contributed by atoms with E-state index in [0.717, 1.165) is 10.2 Å². The summed E-state index contributed by atoms with van der Waals surface area (Å²) < 4.78 is 0.974. The van der Waals surface area contributed by atoms with Crippen molar-refractivity contribution < 1.29 is 9.59 Å². The van der Waals surface area contributed by atoms with E-state index in [2.05, 4.69) is 26.6 Å². The van der Waals surface area contributed by atoms with Gasteiger partial charge in [0.1, 0.15) is 5.54 Å². The number of halogens is 1. The zero-order valence-electron chi connectivity index (χ0n) is 13.5. The number of hydrogen-bond donors (Lipinski definition) is 2. The van der Waals surface area contributed by atoms with E-state index in [4.69, 9.17) is 0 Å². The topological polar surface area (TPSA) is 61.4 Å². The lowest BCUT2D eigenvalue weighted by molar-refractivity contribution is -0.125. The van der Waals surface area contributed by atoms with Crippen LogP contribution in [0.3, 0.4) is 0 Å². The molecule has 0 saturated carbocycles. The molecule has 1 aliphatic heterocycles. The van der Waals surface area contributed by atoms with Gasteiger partial charge in [0.05, 0.1) is 17.9 Å². The lowest BCUT2D eigenvalue weighted by Crippen LogP contribution is -2.59. The molecule has 0 unspecified atom stereocenters. The van der Waals surface area contributed by atoms with E-state index in [1.54, 1.807) is 24.8 Å². The fourth-order valence-corrected chi connectivity index (χ4v) is 2.99. The Kier molecular flexibility index (Phi) is 4.32. The number of anilines is 3. The Hall–Kier alpha value is -2.34. The van der Waals surface area contributed by atoms with Gasteiger partial charge in [0.25, 0.3) is 0 Å². The van der Waals surface area contributed by atoms with E-state index >= 15 is 0 Å². The monoisotopic (exact) mass is 387 g/mol. The van der Waals surface area contributed by atoms with Crippen LogP contribution < -0.4 is 15.5 Å². The Morgan fingerprint density at radius 1 is 1.17 bits per heavy atom. The summed E-state index contributed by atoms with van der Waals surface area (Å²) in [6.07, 6.45) is 0. The van der Waals surface area contributed by atoms with Crippen LogP contribution in [0.15, 0.2) is 53.0 Å². The van der Waals surface area contributed by atoms with Crippen molar-refractivity contribution in [3.8, 4) is 0 Å². The van der Waals surface area contributed by atoms with Crippen molar-refractivity contribution >= 4 is 44.8 Å². The molecule has 0 saturated heterocycles. The van der Waals surface area contributed by atoms with Crippen LogP contribution in [0.4, 0.5) is 17.1 Å². The van der Waals surface area contributed by atoms with Crippen LogP contribution in [0, 0.1) is 0 Å². The van der Waals surface area contributed by atoms with E-state index in [1.165, 1.54) is 0 Å². The van der Waals surface area contributed by atoms with Gasteiger partial charge in [0.2, 0.25) is 11.8 Å². The molecule has 124 valence electrons. The predicted molar refractivity (Wildman–Crippen MR) is 99.3 cm³/mol. The maximum Gasteiger partial charge on any atom is 0.250 e. The number of carbonyl (C=O) groups excluding carboxylic acids is 2. The zero-order chi connectivity index (χ0) is 17.3. The van der Waals surface area contributed by atoms with Crippen molar-refractivity contribution in [2.24, 2.45) is 0 Å². The SMILES string of the molecule is CC1(C)C(=O)Nc2ccccc2N1C(=O)CNc1ccc(Br)cc1. The highest BCUT2D eigenvalue weighted by atomic mass is 79.9. The molecule has 0 fully saturated rings. The van der Waals surface area contributed by atoms with Gasteiger partial charge in [-0.3, -0.25) is 14.5 Å². The van der Waals surface area contributed by atoms with E-state index in [9.17, 15) is 9.59 Å². The normalized spacial score (nSPS) is 15.5. The lowest BCUT2D eigenvalue weighted by atomic mass is 9.96. The van der Waals surface area contributed by atoms with Gasteiger partial charge < -0.3 is 10.6 Å². The Bertz CT molecular complexity index is 787. The second kappa shape index (κ2) is 6.28. The summed E-state index contributed by atoms with van der Waals surface area (Å²) in [4.78, 5) is 26.8. The lowest BCUT2D eigenvalue weighted by Gasteiger charge is -2.42. The molecule has 6 heteroatoms. The van der Waals surface area contributed by atoms with Gasteiger partial charge in [-0.1, -0.05) is 28.1 Å². The third-order valence-corrected chi connectivity index (χ3v) is 4.57. The first kappa shape index (κ1) is 16.5. The average Bonchev–Trinajstić information content (AvgIpc) is 2.55. The molecule has 1 aliphatic rings. The molecule has 5 nitrogen and oxygen atoms in total. The number of fused-ring (bicyclic) bond motifs is 1. The maximum atomic E-state index is 12.8. The Morgan fingerprint density at radius 3 is 2.54 bits per heavy atom. The quantitative estimate of drug-likeness (QED) is 0.844. The van der Waals surface area contributed by atoms with E-state index in [-0.39, 0.29) is 18.4 Å². The number of rotatable bonds is 3. The summed E-state index contributed by atoms with van der Waals surface area (Å²) in [5.74, 6) is -0.358. The first-order chi connectivity index (χ1) is 11.4. The third-order valence-electron chi connectivity index (χ3n) is 4.05. The number of hydrogen-bond acceptors (Lipinski definition) is 3. The summed E-state index contributed by atoms with van der Waals surface area (Å²) in [6.45, 7) is 3.60. The van der Waals surface area contributed by atoms with Crippen LogP contribution in [-0.2, 0) is 9.59 Å². The molecule has 2 amide bonds. The van der Waals surface area contributed by atoms with Crippen molar-refractivity contribution in [1.82, 2.24) is 0 Å². The van der Waals surface area contributed by atoms with Crippen LogP contribution in [0.1, 0.15) is 13.8 Å². The number of nitrogens with one attached hydrogen (secondary N) is 2. The molecule has 2 aromatic carbocycles. The largest absolute Gasteiger partial charge is 0.376 e.